The molecule has 29 heavy (non-hydrogen) atoms. The number of carbonyl (C=O) groups excluding carboxylic acids is 1. The highest BCUT2D eigenvalue weighted by atomic mass is 16.5. The highest BCUT2D eigenvalue weighted by Crippen LogP contribution is 2.36. The predicted octanol–water partition coefficient (Wildman–Crippen LogP) is 2.78. The molecule has 2 aromatic heterocycles. The van der Waals surface area contributed by atoms with Gasteiger partial charge in [0.2, 0.25) is 5.91 Å². The van der Waals surface area contributed by atoms with Gasteiger partial charge in [0, 0.05) is 19.3 Å². The van der Waals surface area contributed by atoms with E-state index in [0.717, 1.165) is 60.5 Å². The number of H-pyrrole nitrogens is 1. The van der Waals surface area contributed by atoms with Crippen molar-refractivity contribution in [3.8, 4) is 5.75 Å². The fraction of sp³-hybridized carbons (Fsp3) is 0.409. The van der Waals surface area contributed by atoms with Crippen LogP contribution in [0.15, 0.2) is 42.9 Å². The van der Waals surface area contributed by atoms with Gasteiger partial charge in [0.05, 0.1) is 31.0 Å². The molecule has 2 fully saturated rings. The third-order valence-corrected chi connectivity index (χ3v) is 6.25. The van der Waals surface area contributed by atoms with E-state index < -0.39 is 0 Å². The average Bonchev–Trinajstić information content (AvgIpc) is 3.41. The second kappa shape index (κ2) is 7.39. The van der Waals surface area contributed by atoms with Crippen LogP contribution in [0.3, 0.4) is 0 Å². The molecule has 2 unspecified atom stereocenters. The summed E-state index contributed by atoms with van der Waals surface area (Å²) in [5.74, 6) is 2.00. The van der Waals surface area contributed by atoms with Gasteiger partial charge in [0.25, 0.3) is 0 Å². The quantitative estimate of drug-likeness (QED) is 0.740. The number of ether oxygens (including phenoxy) is 1. The highest BCUT2D eigenvalue weighted by Gasteiger charge is 2.42. The van der Waals surface area contributed by atoms with E-state index in [1.54, 1.807) is 13.4 Å². The fourth-order valence-electron chi connectivity index (χ4n) is 4.87. The normalized spacial score (nSPS) is 21.4. The number of nitrogens with one attached hydrogen (secondary N) is 1. The Bertz CT molecular complexity index is 1020. The molecule has 0 radical (unpaired) electrons. The summed E-state index contributed by atoms with van der Waals surface area (Å²) < 4.78 is 5.21. The molecule has 2 aliphatic heterocycles. The molecule has 3 aromatic rings. The number of carbonyl (C=O) groups is 1. The standard InChI is InChI=1S/C22H25N5O2/c1-29-16-6-4-15(5-7-16)13-20(28)26-11-2-3-18-19(26)9-12-27(18)22-17-8-10-23-21(17)24-14-25-22/h4-8,10,14,18-19H,2-3,9,11-13H2,1H3,(H,23,24,25). The first kappa shape index (κ1) is 18.0. The van der Waals surface area contributed by atoms with Crippen LogP contribution in [-0.4, -0.2) is 58.0 Å². The Kier molecular flexibility index (Phi) is 4.58. The lowest BCUT2D eigenvalue weighted by Gasteiger charge is -2.40. The first-order chi connectivity index (χ1) is 14.2. The topological polar surface area (TPSA) is 74.3 Å². The minimum Gasteiger partial charge on any atom is -0.497 e. The van der Waals surface area contributed by atoms with Crippen molar-refractivity contribution < 1.29 is 9.53 Å². The zero-order chi connectivity index (χ0) is 19.8. The minimum atomic E-state index is 0.209. The monoisotopic (exact) mass is 391 g/mol. The van der Waals surface area contributed by atoms with E-state index >= 15 is 0 Å². The molecule has 0 spiro atoms. The molecule has 0 saturated carbocycles. The first-order valence-electron chi connectivity index (χ1n) is 10.2. The summed E-state index contributed by atoms with van der Waals surface area (Å²) in [4.78, 5) is 29.7. The molecule has 150 valence electrons. The van der Waals surface area contributed by atoms with Gasteiger partial charge in [-0.05, 0) is 43.0 Å². The number of methoxy groups -OCH3 is 1. The second-order valence-corrected chi connectivity index (χ2v) is 7.81. The maximum Gasteiger partial charge on any atom is 0.227 e. The number of hydrogen-bond acceptors (Lipinski definition) is 5. The van der Waals surface area contributed by atoms with E-state index in [0.29, 0.717) is 12.5 Å². The van der Waals surface area contributed by atoms with Crippen LogP contribution in [0.2, 0.25) is 0 Å². The maximum atomic E-state index is 13.1. The molecule has 2 aliphatic rings. The molecule has 5 rings (SSSR count). The number of hydrogen-bond donors (Lipinski definition) is 1. The van der Waals surface area contributed by atoms with Crippen molar-refractivity contribution in [3.63, 3.8) is 0 Å². The zero-order valence-corrected chi connectivity index (χ0v) is 16.5. The van der Waals surface area contributed by atoms with Gasteiger partial charge >= 0.3 is 0 Å². The van der Waals surface area contributed by atoms with E-state index in [4.69, 9.17) is 4.74 Å². The number of rotatable bonds is 4. The minimum absolute atomic E-state index is 0.209. The number of amides is 1. The zero-order valence-electron chi connectivity index (χ0n) is 16.5. The van der Waals surface area contributed by atoms with Crippen molar-refractivity contribution in [1.82, 2.24) is 19.9 Å². The molecular formula is C22H25N5O2. The van der Waals surface area contributed by atoms with Gasteiger partial charge in [0.1, 0.15) is 23.5 Å². The molecule has 1 aromatic carbocycles. The number of benzene rings is 1. The van der Waals surface area contributed by atoms with Gasteiger partial charge in [0.15, 0.2) is 0 Å². The average molecular weight is 391 g/mol. The van der Waals surface area contributed by atoms with Crippen LogP contribution in [0, 0.1) is 0 Å². The van der Waals surface area contributed by atoms with Gasteiger partial charge in [-0.3, -0.25) is 4.79 Å². The number of piperidine rings is 1. The van der Waals surface area contributed by atoms with Crippen molar-refractivity contribution in [3.05, 3.63) is 48.4 Å². The molecule has 1 amide bonds. The number of anilines is 1. The largest absolute Gasteiger partial charge is 0.497 e. The number of aromatic amines is 1. The molecule has 0 bridgehead atoms. The van der Waals surface area contributed by atoms with Crippen LogP contribution < -0.4 is 9.64 Å². The van der Waals surface area contributed by atoms with Gasteiger partial charge in [-0.2, -0.15) is 0 Å². The molecule has 4 heterocycles. The molecule has 2 saturated heterocycles. The Hall–Kier alpha value is -3.09. The van der Waals surface area contributed by atoms with Crippen LogP contribution >= 0.6 is 0 Å². The van der Waals surface area contributed by atoms with Gasteiger partial charge in [-0.1, -0.05) is 12.1 Å². The summed E-state index contributed by atoms with van der Waals surface area (Å²) >= 11 is 0. The molecule has 0 aliphatic carbocycles. The lowest BCUT2D eigenvalue weighted by molar-refractivity contribution is -0.134. The summed E-state index contributed by atoms with van der Waals surface area (Å²) in [6, 6.07) is 10.4. The molecule has 7 heteroatoms. The smallest absolute Gasteiger partial charge is 0.227 e. The summed E-state index contributed by atoms with van der Waals surface area (Å²) in [5.41, 5.74) is 1.89. The number of likely N-dealkylation sites (tertiary alicyclic amines) is 1. The SMILES string of the molecule is COc1ccc(CC(=O)N2CCCC3C2CCN3c2ncnc3[nH]ccc23)cc1. The third-order valence-electron chi connectivity index (χ3n) is 6.25. The maximum absolute atomic E-state index is 13.1. The van der Waals surface area contributed by atoms with E-state index in [1.807, 2.05) is 36.5 Å². The van der Waals surface area contributed by atoms with Crippen LogP contribution in [0.1, 0.15) is 24.8 Å². The number of nitrogens with zero attached hydrogens (tertiary/aromatic N) is 4. The van der Waals surface area contributed by atoms with E-state index in [-0.39, 0.29) is 11.9 Å². The Morgan fingerprint density at radius 1 is 1.14 bits per heavy atom. The van der Waals surface area contributed by atoms with Crippen molar-refractivity contribution in [2.45, 2.75) is 37.8 Å². The summed E-state index contributed by atoms with van der Waals surface area (Å²) in [7, 11) is 1.65. The van der Waals surface area contributed by atoms with E-state index in [1.165, 1.54) is 0 Å². The van der Waals surface area contributed by atoms with Crippen LogP contribution in [0.25, 0.3) is 11.0 Å². The summed E-state index contributed by atoms with van der Waals surface area (Å²) in [6.07, 6.45) is 7.05. The summed E-state index contributed by atoms with van der Waals surface area (Å²) in [6.45, 7) is 1.76. The van der Waals surface area contributed by atoms with Crippen LogP contribution in [-0.2, 0) is 11.2 Å². The Morgan fingerprint density at radius 3 is 2.83 bits per heavy atom. The lowest BCUT2D eigenvalue weighted by Crippen LogP contribution is -2.52. The highest BCUT2D eigenvalue weighted by molar-refractivity contribution is 5.87. The number of aromatic nitrogens is 3. The number of fused-ring (bicyclic) bond motifs is 2. The van der Waals surface area contributed by atoms with E-state index in [9.17, 15) is 4.79 Å². The van der Waals surface area contributed by atoms with Gasteiger partial charge < -0.3 is 19.5 Å². The Labute approximate surface area is 169 Å². The molecular weight excluding hydrogens is 366 g/mol. The third kappa shape index (κ3) is 3.20. The molecule has 1 N–H and O–H groups in total. The van der Waals surface area contributed by atoms with Gasteiger partial charge in [-0.15, -0.1) is 0 Å². The van der Waals surface area contributed by atoms with Crippen molar-refractivity contribution in [1.29, 1.82) is 0 Å². The Balaban J connectivity index is 1.35. The molecule has 7 nitrogen and oxygen atoms in total. The first-order valence-corrected chi connectivity index (χ1v) is 10.2. The van der Waals surface area contributed by atoms with Crippen LogP contribution in [0.5, 0.6) is 5.75 Å². The van der Waals surface area contributed by atoms with Crippen molar-refractivity contribution in [2.75, 3.05) is 25.1 Å². The Morgan fingerprint density at radius 2 is 2.00 bits per heavy atom. The van der Waals surface area contributed by atoms with Crippen molar-refractivity contribution >= 4 is 22.8 Å². The predicted molar refractivity (Wildman–Crippen MR) is 111 cm³/mol. The second-order valence-electron chi connectivity index (χ2n) is 7.81. The lowest BCUT2D eigenvalue weighted by atomic mass is 9.95. The van der Waals surface area contributed by atoms with Crippen molar-refractivity contribution in [2.24, 2.45) is 0 Å². The van der Waals surface area contributed by atoms with Gasteiger partial charge in [-0.25, -0.2) is 9.97 Å². The van der Waals surface area contributed by atoms with Crippen LogP contribution in [0.4, 0.5) is 5.82 Å². The van der Waals surface area contributed by atoms with E-state index in [2.05, 4.69) is 24.8 Å². The summed E-state index contributed by atoms with van der Waals surface area (Å²) in [5, 5.41) is 1.05. The fourth-order valence-corrected chi connectivity index (χ4v) is 4.87. The molecule has 2 atom stereocenters.